The van der Waals surface area contributed by atoms with Crippen molar-refractivity contribution < 1.29 is 9.53 Å². The van der Waals surface area contributed by atoms with E-state index in [9.17, 15) is 4.79 Å². The van der Waals surface area contributed by atoms with Crippen molar-refractivity contribution in [3.8, 4) is 17.0 Å². The monoisotopic (exact) mass is 324 g/mol. The van der Waals surface area contributed by atoms with Crippen molar-refractivity contribution in [1.29, 1.82) is 5.41 Å². The van der Waals surface area contributed by atoms with Crippen LogP contribution < -0.4 is 10.1 Å². The lowest BCUT2D eigenvalue weighted by atomic mass is 9.90. The van der Waals surface area contributed by atoms with E-state index in [-0.39, 0.29) is 18.3 Å². The van der Waals surface area contributed by atoms with Gasteiger partial charge in [0.15, 0.2) is 5.96 Å². The molecule has 1 aliphatic heterocycles. The SMILES string of the molecule is COc1cccc(-c2cccc([C@]3(C)CC(=O)N(C)C(=N)N3)n2)c1. The predicted octanol–water partition coefficient (Wildman–Crippen LogP) is 2.36. The van der Waals surface area contributed by atoms with Gasteiger partial charge in [0.25, 0.3) is 0 Å². The minimum Gasteiger partial charge on any atom is -0.497 e. The van der Waals surface area contributed by atoms with Gasteiger partial charge in [0.05, 0.1) is 30.5 Å². The summed E-state index contributed by atoms with van der Waals surface area (Å²) in [4.78, 5) is 18.2. The van der Waals surface area contributed by atoms with Gasteiger partial charge in [0, 0.05) is 12.6 Å². The molecule has 24 heavy (non-hydrogen) atoms. The van der Waals surface area contributed by atoms with Crippen LogP contribution in [0.5, 0.6) is 5.75 Å². The number of nitrogens with zero attached hydrogens (tertiary/aromatic N) is 2. The van der Waals surface area contributed by atoms with Crippen LogP contribution >= 0.6 is 0 Å². The van der Waals surface area contributed by atoms with Crippen molar-refractivity contribution >= 4 is 11.9 Å². The summed E-state index contributed by atoms with van der Waals surface area (Å²) >= 11 is 0. The minimum absolute atomic E-state index is 0.0855. The molecule has 6 nitrogen and oxygen atoms in total. The number of rotatable bonds is 3. The Labute approximate surface area is 141 Å². The number of aromatic nitrogens is 1. The van der Waals surface area contributed by atoms with Crippen LogP contribution in [-0.4, -0.2) is 35.9 Å². The third kappa shape index (κ3) is 2.82. The molecule has 2 aromatic rings. The molecule has 6 heteroatoms. The van der Waals surface area contributed by atoms with Gasteiger partial charge in [-0.25, -0.2) is 0 Å². The number of carbonyl (C=O) groups excluding carboxylic acids is 1. The molecular weight excluding hydrogens is 304 g/mol. The van der Waals surface area contributed by atoms with Crippen molar-refractivity contribution in [2.45, 2.75) is 18.9 Å². The average Bonchev–Trinajstić information content (AvgIpc) is 2.60. The zero-order chi connectivity index (χ0) is 17.3. The van der Waals surface area contributed by atoms with E-state index in [2.05, 4.69) is 5.32 Å². The fraction of sp³-hybridized carbons (Fsp3) is 0.278. The molecule has 2 heterocycles. The highest BCUT2D eigenvalue weighted by atomic mass is 16.5. The van der Waals surface area contributed by atoms with Crippen molar-refractivity contribution in [1.82, 2.24) is 15.2 Å². The predicted molar refractivity (Wildman–Crippen MR) is 91.8 cm³/mol. The van der Waals surface area contributed by atoms with Crippen molar-refractivity contribution in [2.24, 2.45) is 0 Å². The maximum absolute atomic E-state index is 12.1. The topological polar surface area (TPSA) is 78.3 Å². The number of ether oxygens (including phenoxy) is 1. The van der Waals surface area contributed by atoms with Crippen LogP contribution in [0.3, 0.4) is 0 Å². The van der Waals surface area contributed by atoms with Crippen LogP contribution in [0.2, 0.25) is 0 Å². The summed E-state index contributed by atoms with van der Waals surface area (Å²) in [5.41, 5.74) is 1.77. The second-order valence-corrected chi connectivity index (χ2v) is 6.08. The third-order valence-electron chi connectivity index (χ3n) is 4.29. The molecule has 1 aromatic heterocycles. The lowest BCUT2D eigenvalue weighted by Crippen LogP contribution is -2.58. The van der Waals surface area contributed by atoms with Gasteiger partial charge in [-0.3, -0.25) is 20.1 Å². The Hall–Kier alpha value is -2.89. The Bertz CT molecular complexity index is 785. The molecule has 1 aromatic carbocycles. The zero-order valence-electron chi connectivity index (χ0n) is 14.0. The Balaban J connectivity index is 1.98. The second-order valence-electron chi connectivity index (χ2n) is 6.08. The van der Waals surface area contributed by atoms with Crippen LogP contribution in [0.15, 0.2) is 42.5 Å². The number of hydrogen-bond acceptors (Lipinski definition) is 4. The van der Waals surface area contributed by atoms with Gasteiger partial charge >= 0.3 is 0 Å². The molecule has 0 saturated carbocycles. The van der Waals surface area contributed by atoms with Gasteiger partial charge in [-0.05, 0) is 31.2 Å². The lowest BCUT2D eigenvalue weighted by molar-refractivity contribution is -0.129. The second kappa shape index (κ2) is 5.96. The van der Waals surface area contributed by atoms with Gasteiger partial charge in [-0.15, -0.1) is 0 Å². The smallest absolute Gasteiger partial charge is 0.231 e. The summed E-state index contributed by atoms with van der Waals surface area (Å²) in [6.07, 6.45) is 0.250. The molecule has 1 atom stereocenters. The van der Waals surface area contributed by atoms with Gasteiger partial charge in [0.2, 0.25) is 5.91 Å². The molecule has 0 unspecified atom stereocenters. The maximum atomic E-state index is 12.1. The first-order chi connectivity index (χ1) is 11.4. The van der Waals surface area contributed by atoms with Crippen LogP contribution in [0.4, 0.5) is 0 Å². The van der Waals surface area contributed by atoms with E-state index in [0.717, 1.165) is 22.7 Å². The number of methoxy groups -OCH3 is 1. The quantitative estimate of drug-likeness (QED) is 0.908. The van der Waals surface area contributed by atoms with Crippen LogP contribution in [0, 0.1) is 5.41 Å². The number of carbonyl (C=O) groups is 1. The highest BCUT2D eigenvalue weighted by Gasteiger charge is 2.39. The molecule has 1 amide bonds. The van der Waals surface area contributed by atoms with Crippen molar-refractivity contribution in [3.63, 3.8) is 0 Å². The van der Waals surface area contributed by atoms with Gasteiger partial charge in [0.1, 0.15) is 5.75 Å². The molecule has 0 radical (unpaired) electrons. The standard InChI is InChI=1S/C18H20N4O2/c1-18(11-16(23)22(2)17(19)21-18)15-9-5-8-14(20-15)12-6-4-7-13(10-12)24-3/h4-10H,11H2,1-3H3,(H2,19,21)/t18-/m0/s1. The number of benzene rings is 1. The van der Waals surface area contributed by atoms with Crippen LogP contribution in [0.1, 0.15) is 19.0 Å². The van der Waals surface area contributed by atoms with E-state index in [1.54, 1.807) is 14.2 Å². The summed E-state index contributed by atoms with van der Waals surface area (Å²) in [5, 5.41) is 11.0. The van der Waals surface area contributed by atoms with Gasteiger partial charge < -0.3 is 10.1 Å². The Kier molecular flexibility index (Phi) is 3.97. The molecule has 0 aliphatic carbocycles. The van der Waals surface area contributed by atoms with Crippen molar-refractivity contribution in [2.75, 3.05) is 14.2 Å². The Morgan fingerprint density at radius 3 is 2.75 bits per heavy atom. The average molecular weight is 324 g/mol. The molecule has 1 saturated heterocycles. The van der Waals surface area contributed by atoms with E-state index in [1.807, 2.05) is 49.4 Å². The largest absolute Gasteiger partial charge is 0.497 e. The fourth-order valence-electron chi connectivity index (χ4n) is 2.77. The normalized spacial score (nSPS) is 20.7. The highest BCUT2D eigenvalue weighted by Crippen LogP contribution is 2.29. The third-order valence-corrected chi connectivity index (χ3v) is 4.29. The van der Waals surface area contributed by atoms with Crippen LogP contribution in [-0.2, 0) is 10.3 Å². The Morgan fingerprint density at radius 2 is 2.04 bits per heavy atom. The maximum Gasteiger partial charge on any atom is 0.231 e. The summed E-state index contributed by atoms with van der Waals surface area (Å²) in [6, 6.07) is 13.4. The summed E-state index contributed by atoms with van der Waals surface area (Å²) in [5.74, 6) is 0.748. The molecular formula is C18H20N4O2. The van der Waals surface area contributed by atoms with Crippen LogP contribution in [0.25, 0.3) is 11.3 Å². The molecule has 3 rings (SSSR count). The number of hydrogen-bond donors (Lipinski definition) is 2. The minimum atomic E-state index is -0.699. The summed E-state index contributed by atoms with van der Waals surface area (Å²) in [7, 11) is 3.22. The van der Waals surface area contributed by atoms with E-state index in [0.29, 0.717) is 0 Å². The first kappa shape index (κ1) is 16.0. The van der Waals surface area contributed by atoms with Gasteiger partial charge in [-0.1, -0.05) is 18.2 Å². The molecule has 2 N–H and O–H groups in total. The molecule has 1 fully saturated rings. The first-order valence-electron chi connectivity index (χ1n) is 7.68. The number of pyridine rings is 1. The van der Waals surface area contributed by atoms with Crippen molar-refractivity contribution in [3.05, 3.63) is 48.2 Å². The molecule has 124 valence electrons. The lowest BCUT2D eigenvalue weighted by Gasteiger charge is -2.38. The molecule has 0 bridgehead atoms. The number of nitrogens with one attached hydrogen (secondary N) is 2. The highest BCUT2D eigenvalue weighted by molar-refractivity contribution is 5.98. The Morgan fingerprint density at radius 1 is 1.29 bits per heavy atom. The van der Waals surface area contributed by atoms with E-state index in [1.165, 1.54) is 4.90 Å². The number of amides is 1. The van der Waals surface area contributed by atoms with E-state index < -0.39 is 5.54 Å². The first-order valence-corrected chi connectivity index (χ1v) is 7.68. The zero-order valence-corrected chi connectivity index (χ0v) is 14.0. The summed E-state index contributed by atoms with van der Waals surface area (Å²) < 4.78 is 5.26. The van der Waals surface area contributed by atoms with Gasteiger partial charge in [-0.2, -0.15) is 0 Å². The molecule has 0 spiro atoms. The van der Waals surface area contributed by atoms with E-state index >= 15 is 0 Å². The number of guanidine groups is 1. The fourth-order valence-corrected chi connectivity index (χ4v) is 2.77. The molecule has 1 aliphatic rings. The van der Waals surface area contributed by atoms with E-state index in [4.69, 9.17) is 15.1 Å². The summed E-state index contributed by atoms with van der Waals surface area (Å²) in [6.45, 7) is 1.89.